The molecule has 1 N–H and O–H groups in total. The van der Waals surface area contributed by atoms with Crippen LogP contribution in [0.3, 0.4) is 0 Å². The van der Waals surface area contributed by atoms with Crippen molar-refractivity contribution >= 4 is 5.91 Å². The van der Waals surface area contributed by atoms with E-state index in [2.05, 4.69) is 15.2 Å². The lowest BCUT2D eigenvalue weighted by Gasteiger charge is -2.14. The van der Waals surface area contributed by atoms with Gasteiger partial charge in [-0.1, -0.05) is 6.92 Å². The van der Waals surface area contributed by atoms with E-state index < -0.39 is 0 Å². The Morgan fingerprint density at radius 1 is 1.56 bits per heavy atom. The molecular formula is C12H16N4O2. The van der Waals surface area contributed by atoms with E-state index in [9.17, 15) is 4.79 Å². The van der Waals surface area contributed by atoms with E-state index in [0.29, 0.717) is 12.4 Å². The molecule has 96 valence electrons. The monoisotopic (exact) mass is 248 g/mol. The van der Waals surface area contributed by atoms with E-state index in [0.717, 1.165) is 17.7 Å². The number of aromatic nitrogens is 3. The third kappa shape index (κ3) is 2.42. The number of nitrogens with one attached hydrogen (secondary N) is 1. The zero-order valence-electron chi connectivity index (χ0n) is 10.7. The van der Waals surface area contributed by atoms with Crippen LogP contribution in [0.15, 0.2) is 16.7 Å². The summed E-state index contributed by atoms with van der Waals surface area (Å²) in [6, 6.07) is 1.86. The number of carbonyl (C=O) groups is 1. The van der Waals surface area contributed by atoms with E-state index in [1.54, 1.807) is 18.2 Å². The van der Waals surface area contributed by atoms with Gasteiger partial charge in [-0.15, -0.1) is 5.10 Å². The fraction of sp³-hybridized carbons (Fsp3) is 0.417. The Balaban J connectivity index is 2.07. The first kappa shape index (κ1) is 12.3. The van der Waals surface area contributed by atoms with E-state index in [-0.39, 0.29) is 11.7 Å². The minimum Gasteiger partial charge on any atom is -0.469 e. The van der Waals surface area contributed by atoms with Gasteiger partial charge < -0.3 is 9.32 Å². The highest BCUT2D eigenvalue weighted by molar-refractivity contribution is 5.90. The van der Waals surface area contributed by atoms with Crippen LogP contribution in [0.2, 0.25) is 0 Å². The molecule has 0 radical (unpaired) electrons. The van der Waals surface area contributed by atoms with Crippen molar-refractivity contribution in [3.05, 3.63) is 35.3 Å². The van der Waals surface area contributed by atoms with Crippen LogP contribution in [0.25, 0.3) is 0 Å². The number of rotatable bonds is 4. The van der Waals surface area contributed by atoms with Crippen LogP contribution in [0, 0.1) is 6.92 Å². The second-order valence-corrected chi connectivity index (χ2v) is 4.12. The van der Waals surface area contributed by atoms with Gasteiger partial charge >= 0.3 is 0 Å². The summed E-state index contributed by atoms with van der Waals surface area (Å²) >= 11 is 0. The molecule has 2 aromatic heterocycles. The number of amides is 1. The van der Waals surface area contributed by atoms with Gasteiger partial charge in [-0.25, -0.2) is 4.98 Å². The highest BCUT2D eigenvalue weighted by Gasteiger charge is 2.18. The number of aromatic amines is 1. The largest absolute Gasteiger partial charge is 0.469 e. The van der Waals surface area contributed by atoms with Crippen LogP contribution in [0.4, 0.5) is 0 Å². The molecule has 18 heavy (non-hydrogen) atoms. The summed E-state index contributed by atoms with van der Waals surface area (Å²) in [7, 11) is 1.72. The molecule has 2 rings (SSSR count). The molecule has 0 bridgehead atoms. The van der Waals surface area contributed by atoms with Crippen LogP contribution in [0.1, 0.15) is 34.7 Å². The van der Waals surface area contributed by atoms with Crippen LogP contribution < -0.4 is 0 Å². The van der Waals surface area contributed by atoms with Gasteiger partial charge in [0.15, 0.2) is 0 Å². The van der Waals surface area contributed by atoms with Crippen molar-refractivity contribution < 1.29 is 9.21 Å². The molecule has 0 aliphatic rings. The normalized spacial score (nSPS) is 10.6. The fourth-order valence-electron chi connectivity index (χ4n) is 1.62. The molecule has 0 atom stereocenters. The molecular weight excluding hydrogens is 232 g/mol. The van der Waals surface area contributed by atoms with Gasteiger partial charge in [0.1, 0.15) is 11.6 Å². The summed E-state index contributed by atoms with van der Waals surface area (Å²) in [6.07, 6.45) is 2.34. The van der Waals surface area contributed by atoms with Gasteiger partial charge in [-0.3, -0.25) is 9.89 Å². The molecule has 6 nitrogen and oxygen atoms in total. The highest BCUT2D eigenvalue weighted by atomic mass is 16.3. The predicted octanol–water partition coefficient (Wildman–Crippen LogP) is 1.54. The summed E-state index contributed by atoms with van der Waals surface area (Å²) in [6.45, 7) is 4.31. The lowest BCUT2D eigenvalue weighted by Crippen LogP contribution is -2.27. The molecule has 2 heterocycles. The summed E-state index contributed by atoms with van der Waals surface area (Å²) < 4.78 is 5.20. The van der Waals surface area contributed by atoms with Crippen molar-refractivity contribution in [2.45, 2.75) is 26.8 Å². The van der Waals surface area contributed by atoms with Crippen molar-refractivity contribution in [2.24, 2.45) is 0 Å². The van der Waals surface area contributed by atoms with Gasteiger partial charge in [-0.05, 0) is 13.0 Å². The van der Waals surface area contributed by atoms with Crippen LogP contribution in [0.5, 0.6) is 0 Å². The van der Waals surface area contributed by atoms with Gasteiger partial charge in [0, 0.05) is 25.6 Å². The number of hydrogen-bond acceptors (Lipinski definition) is 4. The first-order chi connectivity index (χ1) is 8.61. The topological polar surface area (TPSA) is 75.0 Å². The summed E-state index contributed by atoms with van der Waals surface area (Å²) in [5.41, 5.74) is 0.983. The van der Waals surface area contributed by atoms with Gasteiger partial charge in [-0.2, -0.15) is 0 Å². The van der Waals surface area contributed by atoms with Gasteiger partial charge in [0.2, 0.25) is 5.82 Å². The lowest BCUT2D eigenvalue weighted by atomic mass is 10.2. The third-order valence-electron chi connectivity index (χ3n) is 2.78. The standard InChI is InChI=1S/C12H16N4O2/c1-4-10-13-11(15-14-10)12(17)16(3)7-9-5-6-18-8(9)2/h5-6H,4,7H2,1-3H3,(H,13,14,15). The minimum atomic E-state index is -0.202. The molecule has 0 aliphatic carbocycles. The molecule has 2 aromatic rings. The quantitative estimate of drug-likeness (QED) is 0.890. The van der Waals surface area contributed by atoms with Crippen molar-refractivity contribution in [1.82, 2.24) is 20.1 Å². The smallest absolute Gasteiger partial charge is 0.293 e. The maximum absolute atomic E-state index is 12.1. The summed E-state index contributed by atoms with van der Waals surface area (Å²) in [5.74, 6) is 1.53. The first-order valence-electron chi connectivity index (χ1n) is 5.81. The minimum absolute atomic E-state index is 0.202. The Morgan fingerprint density at radius 2 is 2.33 bits per heavy atom. The molecule has 6 heteroatoms. The lowest BCUT2D eigenvalue weighted by molar-refractivity contribution is 0.0773. The van der Waals surface area contributed by atoms with Crippen molar-refractivity contribution in [3.63, 3.8) is 0 Å². The number of hydrogen-bond donors (Lipinski definition) is 1. The number of H-pyrrole nitrogens is 1. The Morgan fingerprint density at radius 3 is 2.89 bits per heavy atom. The zero-order valence-corrected chi connectivity index (χ0v) is 10.7. The van der Waals surface area contributed by atoms with E-state index in [4.69, 9.17) is 4.42 Å². The van der Waals surface area contributed by atoms with Gasteiger partial charge in [0.05, 0.1) is 6.26 Å². The van der Waals surface area contributed by atoms with Crippen molar-refractivity contribution in [1.29, 1.82) is 0 Å². The molecule has 0 saturated carbocycles. The first-order valence-corrected chi connectivity index (χ1v) is 5.81. The molecule has 0 spiro atoms. The highest BCUT2D eigenvalue weighted by Crippen LogP contribution is 2.12. The average molecular weight is 248 g/mol. The Bertz CT molecular complexity index is 544. The number of nitrogens with zero attached hydrogens (tertiary/aromatic N) is 3. The third-order valence-corrected chi connectivity index (χ3v) is 2.78. The average Bonchev–Trinajstić information content (AvgIpc) is 2.98. The van der Waals surface area contributed by atoms with E-state index >= 15 is 0 Å². The van der Waals surface area contributed by atoms with Gasteiger partial charge in [0.25, 0.3) is 5.91 Å². The predicted molar refractivity (Wildman–Crippen MR) is 65.0 cm³/mol. The number of furan rings is 1. The molecule has 0 fully saturated rings. The number of aryl methyl sites for hydroxylation is 2. The Hall–Kier alpha value is -2.11. The molecule has 0 unspecified atom stereocenters. The fourth-order valence-corrected chi connectivity index (χ4v) is 1.62. The van der Waals surface area contributed by atoms with E-state index in [1.807, 2.05) is 19.9 Å². The SMILES string of the molecule is CCc1nc(C(=O)N(C)Cc2ccoc2C)n[nH]1. The van der Waals surface area contributed by atoms with E-state index in [1.165, 1.54) is 0 Å². The Labute approximate surface area is 105 Å². The Kier molecular flexibility index (Phi) is 3.45. The second-order valence-electron chi connectivity index (χ2n) is 4.12. The second kappa shape index (κ2) is 5.03. The maximum atomic E-state index is 12.1. The van der Waals surface area contributed by atoms with Crippen LogP contribution >= 0.6 is 0 Å². The maximum Gasteiger partial charge on any atom is 0.293 e. The van der Waals surface area contributed by atoms with Crippen LogP contribution in [-0.2, 0) is 13.0 Å². The molecule has 0 aliphatic heterocycles. The zero-order chi connectivity index (χ0) is 13.1. The van der Waals surface area contributed by atoms with Crippen LogP contribution in [-0.4, -0.2) is 33.0 Å². The molecule has 1 amide bonds. The van der Waals surface area contributed by atoms with Crippen molar-refractivity contribution in [3.8, 4) is 0 Å². The number of carbonyl (C=O) groups excluding carboxylic acids is 1. The molecule has 0 saturated heterocycles. The molecule has 0 aromatic carbocycles. The summed E-state index contributed by atoms with van der Waals surface area (Å²) in [4.78, 5) is 17.8. The summed E-state index contributed by atoms with van der Waals surface area (Å²) in [5, 5.41) is 6.64. The van der Waals surface area contributed by atoms with Crippen molar-refractivity contribution in [2.75, 3.05) is 7.05 Å².